The maximum atomic E-state index is 11.6. The Balaban J connectivity index is 2.51. The number of hydrogen-bond acceptors (Lipinski definition) is 1. The summed E-state index contributed by atoms with van der Waals surface area (Å²) in [6.45, 7) is 8.09. The minimum atomic E-state index is -0.104. The predicted molar refractivity (Wildman–Crippen MR) is 71.0 cm³/mol. The lowest BCUT2D eigenvalue weighted by Crippen LogP contribution is -2.41. The Kier molecular flexibility index (Phi) is 5.01. The molecule has 0 bridgehead atoms. The lowest BCUT2D eigenvalue weighted by Gasteiger charge is -2.17. The zero-order valence-corrected chi connectivity index (χ0v) is 11.1. The molecule has 0 spiro atoms. The average Bonchev–Trinajstić information content (AvgIpc) is 2.29. The molecule has 2 amide bonds. The smallest absolute Gasteiger partial charge is 0.315 e. The van der Waals surface area contributed by atoms with Crippen LogP contribution in [-0.4, -0.2) is 12.1 Å². The second-order valence-corrected chi connectivity index (χ2v) is 4.56. The molecule has 1 rings (SSSR count). The van der Waals surface area contributed by atoms with Crippen molar-refractivity contribution >= 4 is 6.03 Å². The molecule has 94 valence electrons. The molecule has 2 N–H and O–H groups in total. The largest absolute Gasteiger partial charge is 0.336 e. The topological polar surface area (TPSA) is 41.1 Å². The summed E-state index contributed by atoms with van der Waals surface area (Å²) in [6, 6.07) is 8.33. The molecule has 0 aliphatic carbocycles. The Labute approximate surface area is 104 Å². The summed E-state index contributed by atoms with van der Waals surface area (Å²) >= 11 is 0. The lowest BCUT2D eigenvalue weighted by atomic mass is 10.1. The Hall–Kier alpha value is -1.51. The molecule has 0 heterocycles. The summed E-state index contributed by atoms with van der Waals surface area (Å²) in [7, 11) is 0. The van der Waals surface area contributed by atoms with Gasteiger partial charge in [-0.25, -0.2) is 4.79 Å². The number of aryl methyl sites for hydroxylation is 1. The number of urea groups is 1. The number of hydrogen-bond donors (Lipinski definition) is 2. The number of amides is 2. The van der Waals surface area contributed by atoms with Crippen molar-refractivity contribution in [2.45, 2.75) is 46.2 Å². The predicted octanol–water partition coefficient (Wildman–Crippen LogP) is 3.15. The zero-order valence-electron chi connectivity index (χ0n) is 11.1. The Morgan fingerprint density at radius 1 is 1.18 bits per heavy atom. The van der Waals surface area contributed by atoms with Crippen LogP contribution in [0.2, 0.25) is 0 Å². The van der Waals surface area contributed by atoms with Crippen LogP contribution in [0.15, 0.2) is 24.3 Å². The van der Waals surface area contributed by atoms with E-state index in [0.717, 1.165) is 12.0 Å². The molecule has 0 aromatic heterocycles. The van der Waals surface area contributed by atoms with Crippen LogP contribution < -0.4 is 10.6 Å². The van der Waals surface area contributed by atoms with Crippen LogP contribution in [0.5, 0.6) is 0 Å². The first-order chi connectivity index (χ1) is 8.02. The van der Waals surface area contributed by atoms with Crippen molar-refractivity contribution in [1.29, 1.82) is 0 Å². The first-order valence-electron chi connectivity index (χ1n) is 6.16. The molecule has 2 atom stereocenters. The van der Waals surface area contributed by atoms with Gasteiger partial charge in [-0.15, -0.1) is 0 Å². The third kappa shape index (κ3) is 4.47. The van der Waals surface area contributed by atoms with E-state index in [2.05, 4.69) is 29.7 Å². The molecule has 0 fully saturated rings. The number of nitrogens with one attached hydrogen (secondary N) is 2. The van der Waals surface area contributed by atoms with Gasteiger partial charge in [-0.1, -0.05) is 36.8 Å². The van der Waals surface area contributed by atoms with Gasteiger partial charge >= 0.3 is 6.03 Å². The fourth-order valence-electron chi connectivity index (χ4n) is 1.50. The quantitative estimate of drug-likeness (QED) is 0.825. The van der Waals surface area contributed by atoms with E-state index in [0.29, 0.717) is 0 Å². The SMILES string of the molecule is CC[C@@H](C)NC(=O)N[C@@H](C)c1ccc(C)cc1. The summed E-state index contributed by atoms with van der Waals surface area (Å²) < 4.78 is 0. The van der Waals surface area contributed by atoms with Gasteiger partial charge in [0.15, 0.2) is 0 Å². The molecule has 0 unspecified atom stereocenters. The van der Waals surface area contributed by atoms with Crippen molar-refractivity contribution in [3.8, 4) is 0 Å². The molecule has 1 aromatic carbocycles. The second kappa shape index (κ2) is 6.28. The standard InChI is InChI=1S/C14H22N2O/c1-5-11(3)15-14(17)16-12(4)13-8-6-10(2)7-9-13/h6-9,11-12H,5H2,1-4H3,(H2,15,16,17)/t11-,12+/m1/s1. The molecule has 3 nitrogen and oxygen atoms in total. The van der Waals surface area contributed by atoms with Crippen molar-refractivity contribution in [1.82, 2.24) is 10.6 Å². The van der Waals surface area contributed by atoms with E-state index in [9.17, 15) is 4.79 Å². The summed E-state index contributed by atoms with van der Waals surface area (Å²) in [5.74, 6) is 0. The van der Waals surface area contributed by atoms with Crippen molar-refractivity contribution in [3.05, 3.63) is 35.4 Å². The van der Waals surface area contributed by atoms with Gasteiger partial charge in [0.25, 0.3) is 0 Å². The van der Waals surface area contributed by atoms with Crippen LogP contribution in [0.25, 0.3) is 0 Å². The molecule has 1 aromatic rings. The molecule has 0 aliphatic rings. The summed E-state index contributed by atoms with van der Waals surface area (Å²) in [5.41, 5.74) is 2.35. The highest BCUT2D eigenvalue weighted by atomic mass is 16.2. The average molecular weight is 234 g/mol. The Morgan fingerprint density at radius 2 is 1.76 bits per heavy atom. The normalized spacial score (nSPS) is 13.9. The van der Waals surface area contributed by atoms with E-state index >= 15 is 0 Å². The van der Waals surface area contributed by atoms with Gasteiger partial charge < -0.3 is 10.6 Å². The fourth-order valence-corrected chi connectivity index (χ4v) is 1.50. The zero-order chi connectivity index (χ0) is 12.8. The van der Waals surface area contributed by atoms with Gasteiger partial charge in [-0.2, -0.15) is 0 Å². The van der Waals surface area contributed by atoms with Gasteiger partial charge in [-0.3, -0.25) is 0 Å². The van der Waals surface area contributed by atoms with Crippen LogP contribution in [0, 0.1) is 6.92 Å². The fraction of sp³-hybridized carbons (Fsp3) is 0.500. The Bertz CT molecular complexity index is 359. The lowest BCUT2D eigenvalue weighted by molar-refractivity contribution is 0.234. The Morgan fingerprint density at radius 3 is 2.29 bits per heavy atom. The van der Waals surface area contributed by atoms with Crippen molar-refractivity contribution in [2.24, 2.45) is 0 Å². The van der Waals surface area contributed by atoms with Gasteiger partial charge in [0.1, 0.15) is 0 Å². The molecule has 17 heavy (non-hydrogen) atoms. The first kappa shape index (κ1) is 13.6. The van der Waals surface area contributed by atoms with Crippen LogP contribution in [0.1, 0.15) is 44.4 Å². The number of benzene rings is 1. The monoisotopic (exact) mass is 234 g/mol. The number of rotatable bonds is 4. The van der Waals surface area contributed by atoms with Crippen molar-refractivity contribution in [2.75, 3.05) is 0 Å². The van der Waals surface area contributed by atoms with Gasteiger partial charge in [0, 0.05) is 6.04 Å². The van der Waals surface area contributed by atoms with Gasteiger partial charge in [0.2, 0.25) is 0 Å². The molecule has 0 saturated carbocycles. The highest BCUT2D eigenvalue weighted by molar-refractivity contribution is 5.74. The van der Waals surface area contributed by atoms with Gasteiger partial charge in [0.05, 0.1) is 6.04 Å². The third-order valence-corrected chi connectivity index (χ3v) is 2.91. The van der Waals surface area contributed by atoms with Gasteiger partial charge in [-0.05, 0) is 32.8 Å². The molecule has 0 saturated heterocycles. The van der Waals surface area contributed by atoms with E-state index in [1.807, 2.05) is 32.9 Å². The van der Waals surface area contributed by atoms with Crippen LogP contribution in [0.4, 0.5) is 4.79 Å². The van der Waals surface area contributed by atoms with Crippen molar-refractivity contribution in [3.63, 3.8) is 0 Å². The first-order valence-corrected chi connectivity index (χ1v) is 6.16. The van der Waals surface area contributed by atoms with E-state index in [1.165, 1.54) is 5.56 Å². The highest BCUT2D eigenvalue weighted by Crippen LogP contribution is 2.12. The van der Waals surface area contributed by atoms with Crippen LogP contribution in [0.3, 0.4) is 0 Å². The number of carbonyl (C=O) groups is 1. The number of carbonyl (C=O) groups excluding carboxylic acids is 1. The summed E-state index contributed by atoms with van der Waals surface area (Å²) in [6.07, 6.45) is 0.937. The second-order valence-electron chi connectivity index (χ2n) is 4.56. The highest BCUT2D eigenvalue weighted by Gasteiger charge is 2.10. The molecule has 3 heteroatoms. The maximum Gasteiger partial charge on any atom is 0.315 e. The molecule has 0 aliphatic heterocycles. The van der Waals surface area contributed by atoms with Crippen molar-refractivity contribution < 1.29 is 4.79 Å². The van der Waals surface area contributed by atoms with E-state index in [1.54, 1.807) is 0 Å². The minimum absolute atomic E-state index is 0.0275. The third-order valence-electron chi connectivity index (χ3n) is 2.91. The summed E-state index contributed by atoms with van der Waals surface area (Å²) in [4.78, 5) is 11.6. The minimum Gasteiger partial charge on any atom is -0.336 e. The van der Waals surface area contributed by atoms with E-state index < -0.39 is 0 Å². The molecular weight excluding hydrogens is 212 g/mol. The summed E-state index contributed by atoms with van der Waals surface area (Å²) in [5, 5.41) is 5.82. The van der Waals surface area contributed by atoms with E-state index in [4.69, 9.17) is 0 Å². The molecular formula is C14H22N2O. The van der Waals surface area contributed by atoms with E-state index in [-0.39, 0.29) is 18.1 Å². The molecule has 0 radical (unpaired) electrons. The maximum absolute atomic E-state index is 11.6. The van der Waals surface area contributed by atoms with Crippen LogP contribution >= 0.6 is 0 Å². The van der Waals surface area contributed by atoms with Crippen LogP contribution in [-0.2, 0) is 0 Å².